The van der Waals surface area contributed by atoms with Crippen molar-refractivity contribution < 1.29 is 9.47 Å². The van der Waals surface area contributed by atoms with Crippen LogP contribution in [-0.2, 0) is 0 Å². The predicted octanol–water partition coefficient (Wildman–Crippen LogP) is 8.77. The molecule has 0 amide bonds. The normalized spacial score (nSPS) is 10.9. The van der Waals surface area contributed by atoms with Crippen LogP contribution in [0.5, 0.6) is 11.5 Å². The van der Waals surface area contributed by atoms with Gasteiger partial charge in [0.15, 0.2) is 0 Å². The minimum atomic E-state index is 0.902. The number of fused-ring (bicyclic) bond motifs is 6. The Morgan fingerprint density at radius 2 is 1.00 bits per heavy atom. The minimum absolute atomic E-state index is 0.902. The summed E-state index contributed by atoms with van der Waals surface area (Å²) in [6.45, 7) is 0. The number of hydrogen-bond acceptors (Lipinski definition) is 2. The molecule has 0 atom stereocenters. The minimum Gasteiger partial charge on any atom is -0.496 e. The number of ether oxygens (including phenoxy) is 2. The maximum absolute atomic E-state index is 5.52. The van der Waals surface area contributed by atoms with Gasteiger partial charge in [0, 0.05) is 10.8 Å². The van der Waals surface area contributed by atoms with Crippen LogP contribution in [0.3, 0.4) is 0 Å². The fourth-order valence-electron chi connectivity index (χ4n) is 4.43. The van der Waals surface area contributed by atoms with Crippen molar-refractivity contribution in [1.29, 1.82) is 0 Å². The zero-order chi connectivity index (χ0) is 22.8. The van der Waals surface area contributed by atoms with Gasteiger partial charge in [-0.05, 0) is 60.4 Å². The molecule has 3 heteroatoms. The van der Waals surface area contributed by atoms with E-state index in [1.54, 1.807) is 14.2 Å². The third-order valence-corrected chi connectivity index (χ3v) is 6.59. The smallest absolute Gasteiger partial charge is 0.141 e. The summed E-state index contributed by atoms with van der Waals surface area (Å²) in [6.07, 6.45) is 0. The number of methoxy groups -OCH3 is 2. The Bertz CT molecular complexity index is 1600. The predicted molar refractivity (Wildman–Crippen MR) is 144 cm³/mol. The first-order valence-electron chi connectivity index (χ1n) is 10.8. The summed E-state index contributed by atoms with van der Waals surface area (Å²) in [6, 6.07) is 35.6. The van der Waals surface area contributed by atoms with Crippen LogP contribution in [0.1, 0.15) is 0 Å². The van der Waals surface area contributed by atoms with Crippen molar-refractivity contribution in [1.82, 2.24) is 0 Å². The third-order valence-electron chi connectivity index (χ3n) is 5.97. The summed E-state index contributed by atoms with van der Waals surface area (Å²) in [5.74, 6) is 1.84. The van der Waals surface area contributed by atoms with Crippen LogP contribution in [0.2, 0.25) is 0 Å². The second kappa shape index (κ2) is 9.13. The van der Waals surface area contributed by atoms with Crippen LogP contribution < -0.4 is 9.47 Å². The van der Waals surface area contributed by atoms with Crippen LogP contribution in [0, 0.1) is 0 Å². The fourth-order valence-corrected chi connectivity index (χ4v) is 4.93. The summed E-state index contributed by atoms with van der Waals surface area (Å²) in [5, 5.41) is 9.74. The molecule has 0 aliphatic rings. The lowest BCUT2D eigenvalue weighted by atomic mass is 10.0. The lowest BCUT2D eigenvalue weighted by Crippen LogP contribution is -1.87. The molecule has 0 spiro atoms. The molecule has 6 aromatic carbocycles. The first kappa shape index (κ1) is 21.3. The van der Waals surface area contributed by atoms with Gasteiger partial charge >= 0.3 is 0 Å². The summed E-state index contributed by atoms with van der Waals surface area (Å²) in [4.78, 5) is 0. The van der Waals surface area contributed by atoms with Crippen molar-refractivity contribution in [3.05, 3.63) is 108 Å². The van der Waals surface area contributed by atoms with Gasteiger partial charge in [0.1, 0.15) is 11.5 Å². The van der Waals surface area contributed by atoms with Gasteiger partial charge in [-0.2, -0.15) is 0 Å². The van der Waals surface area contributed by atoms with Gasteiger partial charge < -0.3 is 9.47 Å². The molecule has 0 aliphatic heterocycles. The summed E-state index contributed by atoms with van der Waals surface area (Å²) >= 11 is 3.54. The Labute approximate surface area is 201 Å². The Hall–Kier alpha value is -3.56. The first-order chi connectivity index (χ1) is 16.2. The molecular weight excluding hydrogens is 472 g/mol. The molecule has 0 aromatic heterocycles. The fraction of sp³-hybridized carbons (Fsp3) is 0.0667. The lowest BCUT2D eigenvalue weighted by Gasteiger charge is -2.10. The van der Waals surface area contributed by atoms with E-state index in [0.717, 1.165) is 16.0 Å². The Morgan fingerprint density at radius 3 is 1.64 bits per heavy atom. The van der Waals surface area contributed by atoms with Gasteiger partial charge in [0.2, 0.25) is 0 Å². The molecule has 2 nitrogen and oxygen atoms in total. The van der Waals surface area contributed by atoms with E-state index in [9.17, 15) is 0 Å². The Kier molecular flexibility index (Phi) is 5.89. The van der Waals surface area contributed by atoms with Crippen LogP contribution in [0.15, 0.2) is 108 Å². The van der Waals surface area contributed by atoms with Gasteiger partial charge in [0.05, 0.1) is 18.7 Å². The van der Waals surface area contributed by atoms with E-state index in [1.807, 2.05) is 18.2 Å². The van der Waals surface area contributed by atoms with Crippen molar-refractivity contribution in [3.63, 3.8) is 0 Å². The summed E-state index contributed by atoms with van der Waals surface area (Å²) in [5.41, 5.74) is 0. The Balaban J connectivity index is 0.000000139. The average molecular weight is 495 g/mol. The van der Waals surface area contributed by atoms with Crippen molar-refractivity contribution in [2.24, 2.45) is 0 Å². The molecule has 0 fully saturated rings. The van der Waals surface area contributed by atoms with Crippen LogP contribution >= 0.6 is 15.9 Å². The van der Waals surface area contributed by atoms with Crippen LogP contribution in [0.25, 0.3) is 43.1 Å². The highest BCUT2D eigenvalue weighted by Gasteiger charge is 2.09. The molecule has 0 unspecified atom stereocenters. The first-order valence-corrected chi connectivity index (χ1v) is 11.6. The molecule has 0 saturated carbocycles. The average Bonchev–Trinajstić information content (AvgIpc) is 2.88. The summed E-state index contributed by atoms with van der Waals surface area (Å²) in [7, 11) is 3.43. The van der Waals surface area contributed by atoms with E-state index in [2.05, 4.69) is 101 Å². The van der Waals surface area contributed by atoms with Crippen LogP contribution in [0.4, 0.5) is 0 Å². The van der Waals surface area contributed by atoms with E-state index >= 15 is 0 Å². The Morgan fingerprint density at radius 1 is 0.485 bits per heavy atom. The highest BCUT2D eigenvalue weighted by Crippen LogP contribution is 2.38. The number of rotatable bonds is 2. The zero-order valence-electron chi connectivity index (χ0n) is 18.5. The highest BCUT2D eigenvalue weighted by molar-refractivity contribution is 9.10. The monoisotopic (exact) mass is 494 g/mol. The topological polar surface area (TPSA) is 18.5 Å². The lowest BCUT2D eigenvalue weighted by molar-refractivity contribution is 0.417. The van der Waals surface area contributed by atoms with E-state index in [0.29, 0.717) is 0 Å². The van der Waals surface area contributed by atoms with Gasteiger partial charge in [-0.3, -0.25) is 0 Å². The number of benzene rings is 6. The largest absolute Gasteiger partial charge is 0.496 e. The van der Waals surface area contributed by atoms with Crippen molar-refractivity contribution in [3.8, 4) is 11.5 Å². The van der Waals surface area contributed by atoms with Gasteiger partial charge in [-0.15, -0.1) is 0 Å². The van der Waals surface area contributed by atoms with Crippen LogP contribution in [-0.4, -0.2) is 14.2 Å². The second-order valence-electron chi connectivity index (χ2n) is 7.81. The SMILES string of the molecule is COc1c(Br)ccc2ccc3ccccc3c12.COc1cccc2ccc3ccccc3c12. The third kappa shape index (κ3) is 3.90. The molecule has 0 N–H and O–H groups in total. The molecule has 0 heterocycles. The zero-order valence-corrected chi connectivity index (χ0v) is 20.1. The molecule has 0 saturated heterocycles. The molecule has 0 bridgehead atoms. The molecule has 162 valence electrons. The molecule has 6 aromatic rings. The molecular formula is C30H23BrO2. The van der Waals surface area contributed by atoms with E-state index in [-0.39, 0.29) is 0 Å². The molecule has 0 radical (unpaired) electrons. The van der Waals surface area contributed by atoms with E-state index < -0.39 is 0 Å². The van der Waals surface area contributed by atoms with Gasteiger partial charge in [-0.1, -0.05) is 91.0 Å². The van der Waals surface area contributed by atoms with E-state index in [1.165, 1.54) is 43.1 Å². The van der Waals surface area contributed by atoms with Gasteiger partial charge in [0.25, 0.3) is 0 Å². The van der Waals surface area contributed by atoms with E-state index in [4.69, 9.17) is 9.47 Å². The van der Waals surface area contributed by atoms with Crippen molar-refractivity contribution in [2.75, 3.05) is 14.2 Å². The van der Waals surface area contributed by atoms with Crippen molar-refractivity contribution in [2.45, 2.75) is 0 Å². The molecule has 6 rings (SSSR count). The molecule has 33 heavy (non-hydrogen) atoms. The maximum Gasteiger partial charge on any atom is 0.141 e. The summed E-state index contributed by atoms with van der Waals surface area (Å²) < 4.78 is 11.9. The number of halogens is 1. The number of hydrogen-bond donors (Lipinski definition) is 0. The quantitative estimate of drug-likeness (QED) is 0.224. The maximum atomic E-state index is 5.52. The molecule has 0 aliphatic carbocycles. The second-order valence-corrected chi connectivity index (χ2v) is 8.66. The standard InChI is InChI=1S/C15H11BrO.C15H12O/c1-17-15-13(16)9-8-11-7-6-10-4-2-3-5-12(10)14(11)15;1-16-14-8-4-6-12-10-9-11-5-2-3-7-13(11)15(12)14/h2-9H,1H3;2-10H,1H3. The highest BCUT2D eigenvalue weighted by atomic mass is 79.9. The van der Waals surface area contributed by atoms with Crippen molar-refractivity contribution >= 4 is 59.0 Å². The van der Waals surface area contributed by atoms with Gasteiger partial charge in [-0.25, -0.2) is 0 Å².